The van der Waals surface area contributed by atoms with Crippen LogP contribution in [0.1, 0.15) is 5.56 Å². The zero-order valence-electron chi connectivity index (χ0n) is 34.0. The number of aromatic nitrogens is 3. The first-order valence-electron chi connectivity index (χ1n) is 20.9. The molecule has 0 spiro atoms. The molecular formula is C58H36N4O. The van der Waals surface area contributed by atoms with Gasteiger partial charge in [-0.25, -0.2) is 15.0 Å². The van der Waals surface area contributed by atoms with Gasteiger partial charge in [0, 0.05) is 33.0 Å². The van der Waals surface area contributed by atoms with Crippen molar-refractivity contribution < 1.29 is 4.42 Å². The fourth-order valence-electron chi connectivity index (χ4n) is 8.41. The lowest BCUT2D eigenvalue weighted by Gasteiger charge is -2.11. The van der Waals surface area contributed by atoms with E-state index in [1.54, 1.807) is 0 Å². The molecule has 11 aromatic rings. The summed E-state index contributed by atoms with van der Waals surface area (Å²) in [6, 6.07) is 77.0. The fraction of sp³-hybridized carbons (Fsp3) is 0. The molecule has 2 aromatic heterocycles. The maximum absolute atomic E-state index is 9.39. The van der Waals surface area contributed by atoms with Crippen LogP contribution in [0.2, 0.25) is 0 Å². The van der Waals surface area contributed by atoms with Crippen molar-refractivity contribution in [2.24, 2.45) is 0 Å². The lowest BCUT2D eigenvalue weighted by atomic mass is 9.93. The summed E-state index contributed by atoms with van der Waals surface area (Å²) in [6.45, 7) is 0. The van der Waals surface area contributed by atoms with Gasteiger partial charge in [0.05, 0.1) is 11.6 Å². The van der Waals surface area contributed by atoms with Crippen LogP contribution < -0.4 is 0 Å². The molecule has 0 saturated carbocycles. The summed E-state index contributed by atoms with van der Waals surface area (Å²) in [7, 11) is 0. The second kappa shape index (κ2) is 16.0. The van der Waals surface area contributed by atoms with Crippen LogP contribution in [0.15, 0.2) is 223 Å². The van der Waals surface area contributed by atoms with Crippen LogP contribution in [0.5, 0.6) is 0 Å². The molecule has 2 heterocycles. The Bertz CT molecular complexity index is 3500. The third kappa shape index (κ3) is 7.22. The van der Waals surface area contributed by atoms with Crippen LogP contribution in [0.4, 0.5) is 0 Å². The fourth-order valence-corrected chi connectivity index (χ4v) is 8.41. The van der Waals surface area contributed by atoms with Crippen molar-refractivity contribution in [3.63, 3.8) is 0 Å². The van der Waals surface area contributed by atoms with E-state index < -0.39 is 0 Å². The van der Waals surface area contributed by atoms with Crippen molar-refractivity contribution >= 4 is 21.9 Å². The first-order chi connectivity index (χ1) is 31.1. The van der Waals surface area contributed by atoms with Crippen LogP contribution in [0.3, 0.4) is 0 Å². The lowest BCUT2D eigenvalue weighted by molar-refractivity contribution is 0.670. The van der Waals surface area contributed by atoms with Crippen molar-refractivity contribution in [3.8, 4) is 95.9 Å². The summed E-state index contributed by atoms with van der Waals surface area (Å²) >= 11 is 0. The molecule has 63 heavy (non-hydrogen) atoms. The standard InChI is InChI=1S/C58H36N4O/c59-37-38-25-27-41(28-26-38)45-21-12-24-48(35-45)57-60-56(47-23-11-20-44(34-47)40-15-6-2-7-16-40)61-58(62-57)49-29-30-52-53(36-49)63-55-51(42-17-8-3-9-18-42)32-31-50(54(52)55)46-22-10-19-43(33-46)39-13-4-1-5-14-39/h1-36H. The summed E-state index contributed by atoms with van der Waals surface area (Å²) in [4.78, 5) is 15.5. The molecule has 9 aromatic carbocycles. The summed E-state index contributed by atoms with van der Waals surface area (Å²) in [5.74, 6) is 1.64. The second-order valence-electron chi connectivity index (χ2n) is 15.5. The molecule has 0 fully saturated rings. The SMILES string of the molecule is N#Cc1ccc(-c2cccc(-c3nc(-c4cccc(-c5ccccc5)c4)nc(-c4ccc5c(c4)oc4c(-c6ccccc6)ccc(-c6cccc(-c7ccccc7)c6)c45)n3)c2)cc1. The molecule has 0 amide bonds. The number of hydrogen-bond donors (Lipinski definition) is 0. The minimum absolute atomic E-state index is 0.533. The number of furan rings is 1. The van der Waals surface area contributed by atoms with Crippen molar-refractivity contribution in [1.82, 2.24) is 15.0 Å². The molecule has 0 atom stereocenters. The van der Waals surface area contributed by atoms with E-state index >= 15 is 0 Å². The maximum Gasteiger partial charge on any atom is 0.164 e. The van der Waals surface area contributed by atoms with Gasteiger partial charge in [0.25, 0.3) is 0 Å². The van der Waals surface area contributed by atoms with E-state index in [0.29, 0.717) is 23.0 Å². The van der Waals surface area contributed by atoms with Gasteiger partial charge in [-0.15, -0.1) is 0 Å². The van der Waals surface area contributed by atoms with E-state index in [4.69, 9.17) is 19.4 Å². The Morgan fingerprint density at radius 1 is 0.333 bits per heavy atom. The average Bonchev–Trinajstić information content (AvgIpc) is 3.76. The Kier molecular flexibility index (Phi) is 9.50. The van der Waals surface area contributed by atoms with E-state index in [-0.39, 0.29) is 0 Å². The highest BCUT2D eigenvalue weighted by Gasteiger charge is 2.20. The summed E-state index contributed by atoms with van der Waals surface area (Å²) in [5, 5.41) is 11.5. The Morgan fingerprint density at radius 3 is 1.29 bits per heavy atom. The molecule has 0 aliphatic heterocycles. The lowest BCUT2D eigenvalue weighted by Crippen LogP contribution is -2.00. The normalized spacial score (nSPS) is 11.2. The van der Waals surface area contributed by atoms with Gasteiger partial charge >= 0.3 is 0 Å². The van der Waals surface area contributed by atoms with E-state index in [1.807, 2.05) is 78.9 Å². The minimum Gasteiger partial charge on any atom is -0.455 e. The number of nitrogens with zero attached hydrogens (tertiary/aromatic N) is 4. The van der Waals surface area contributed by atoms with Crippen molar-refractivity contribution in [2.45, 2.75) is 0 Å². The quantitative estimate of drug-likeness (QED) is 0.153. The van der Waals surface area contributed by atoms with Gasteiger partial charge in [-0.1, -0.05) is 170 Å². The van der Waals surface area contributed by atoms with E-state index in [9.17, 15) is 5.26 Å². The van der Waals surface area contributed by atoms with Gasteiger partial charge < -0.3 is 4.42 Å². The molecule has 0 radical (unpaired) electrons. The number of benzene rings is 9. The summed E-state index contributed by atoms with van der Waals surface area (Å²) < 4.78 is 6.96. The topological polar surface area (TPSA) is 75.6 Å². The molecular weight excluding hydrogens is 769 g/mol. The predicted octanol–water partition coefficient (Wildman–Crippen LogP) is 15.0. The molecule has 11 rings (SSSR count). The largest absolute Gasteiger partial charge is 0.455 e. The van der Waals surface area contributed by atoms with Gasteiger partial charge in [0.15, 0.2) is 17.5 Å². The van der Waals surface area contributed by atoms with Gasteiger partial charge in [0.1, 0.15) is 11.2 Å². The highest BCUT2D eigenvalue weighted by Crippen LogP contribution is 2.43. The van der Waals surface area contributed by atoms with Crippen LogP contribution in [-0.4, -0.2) is 15.0 Å². The van der Waals surface area contributed by atoms with Gasteiger partial charge in [-0.2, -0.15) is 5.26 Å². The number of rotatable bonds is 8. The van der Waals surface area contributed by atoms with Crippen LogP contribution in [-0.2, 0) is 0 Å². The van der Waals surface area contributed by atoms with Crippen molar-refractivity contribution in [2.75, 3.05) is 0 Å². The van der Waals surface area contributed by atoms with E-state index in [1.165, 1.54) is 5.56 Å². The number of hydrogen-bond acceptors (Lipinski definition) is 5. The molecule has 0 aliphatic carbocycles. The van der Waals surface area contributed by atoms with Crippen LogP contribution >= 0.6 is 0 Å². The Hall–Kier alpha value is -8.72. The Labute approximate surface area is 364 Å². The zero-order valence-corrected chi connectivity index (χ0v) is 34.0. The second-order valence-corrected chi connectivity index (χ2v) is 15.5. The smallest absolute Gasteiger partial charge is 0.164 e. The average molecular weight is 805 g/mol. The zero-order chi connectivity index (χ0) is 42.1. The first kappa shape index (κ1) is 37.3. The van der Waals surface area contributed by atoms with E-state index in [2.05, 4.69) is 146 Å². The minimum atomic E-state index is 0.533. The highest BCUT2D eigenvalue weighted by atomic mass is 16.3. The van der Waals surface area contributed by atoms with Crippen molar-refractivity contribution in [1.29, 1.82) is 5.26 Å². The van der Waals surface area contributed by atoms with E-state index in [0.717, 1.165) is 88.7 Å². The summed E-state index contributed by atoms with van der Waals surface area (Å²) in [6.07, 6.45) is 0. The first-order valence-corrected chi connectivity index (χ1v) is 20.9. The molecule has 0 saturated heterocycles. The maximum atomic E-state index is 9.39. The van der Waals surface area contributed by atoms with Gasteiger partial charge in [0.2, 0.25) is 0 Å². The molecule has 294 valence electrons. The molecule has 0 aliphatic rings. The molecule has 5 nitrogen and oxygen atoms in total. The molecule has 0 unspecified atom stereocenters. The van der Waals surface area contributed by atoms with Gasteiger partial charge in [-0.3, -0.25) is 0 Å². The highest BCUT2D eigenvalue weighted by molar-refractivity contribution is 6.16. The summed E-state index contributed by atoms with van der Waals surface area (Å²) in [5.41, 5.74) is 15.5. The molecule has 0 bridgehead atoms. The Morgan fingerprint density at radius 2 is 0.746 bits per heavy atom. The van der Waals surface area contributed by atoms with Crippen molar-refractivity contribution in [3.05, 3.63) is 224 Å². The van der Waals surface area contributed by atoms with Gasteiger partial charge in [-0.05, 0) is 98.6 Å². The predicted molar refractivity (Wildman–Crippen MR) is 255 cm³/mol. The third-order valence-corrected chi connectivity index (χ3v) is 11.6. The number of fused-ring (bicyclic) bond motifs is 3. The molecule has 5 heteroatoms. The number of nitriles is 1. The third-order valence-electron chi connectivity index (χ3n) is 11.6. The Balaban J connectivity index is 1.08. The van der Waals surface area contributed by atoms with Crippen LogP contribution in [0.25, 0.3) is 112 Å². The monoisotopic (exact) mass is 804 g/mol. The van der Waals surface area contributed by atoms with Crippen LogP contribution in [0, 0.1) is 11.3 Å². The molecule has 0 N–H and O–H groups in total.